The van der Waals surface area contributed by atoms with Crippen LogP contribution in [0.15, 0.2) is 72.9 Å². The van der Waals surface area contributed by atoms with E-state index in [1.807, 2.05) is 48.7 Å². The molecule has 4 atom stereocenters. The summed E-state index contributed by atoms with van der Waals surface area (Å²) >= 11 is 0. The zero-order valence-electron chi connectivity index (χ0n) is 15.7. The summed E-state index contributed by atoms with van der Waals surface area (Å²) in [4.78, 5) is 38.8. The number of imide groups is 1. The largest absolute Gasteiger partial charge is 0.274 e. The van der Waals surface area contributed by atoms with E-state index in [-0.39, 0.29) is 29.5 Å². The topological polar surface area (TPSA) is 84.4 Å². The van der Waals surface area contributed by atoms with Crippen molar-refractivity contribution in [1.82, 2.24) is 0 Å². The molecule has 1 fully saturated rings. The molecule has 7 heteroatoms. The molecule has 4 unspecified atom stereocenters. The summed E-state index contributed by atoms with van der Waals surface area (Å²) in [6.45, 7) is 0. The quantitative estimate of drug-likeness (QED) is 0.288. The molecular formula is C23H16N3O4+. The lowest BCUT2D eigenvalue weighted by Gasteiger charge is -2.40. The average molecular weight is 398 g/mol. The average Bonchev–Trinajstić information content (AvgIpc) is 3.04. The first-order chi connectivity index (χ1) is 14.6. The molecule has 2 aromatic carbocycles. The number of nitro benzene ring substituents is 1. The highest BCUT2D eigenvalue weighted by Crippen LogP contribution is 2.55. The van der Waals surface area contributed by atoms with Crippen LogP contribution >= 0.6 is 0 Å². The van der Waals surface area contributed by atoms with Crippen molar-refractivity contribution >= 4 is 23.2 Å². The Kier molecular flexibility index (Phi) is 3.30. The molecule has 1 saturated heterocycles. The van der Waals surface area contributed by atoms with Gasteiger partial charge in [-0.3, -0.25) is 19.7 Å². The van der Waals surface area contributed by atoms with E-state index in [0.717, 1.165) is 16.8 Å². The minimum absolute atomic E-state index is 0.0781. The zero-order chi connectivity index (χ0) is 20.6. The summed E-state index contributed by atoms with van der Waals surface area (Å²) < 4.78 is 2.12. The molecule has 0 spiro atoms. The molecule has 7 nitrogen and oxygen atoms in total. The highest BCUT2D eigenvalue weighted by Gasteiger charge is 2.66. The minimum Gasteiger partial charge on any atom is -0.274 e. The second-order valence-electron chi connectivity index (χ2n) is 7.92. The molecule has 0 radical (unpaired) electrons. The molecule has 146 valence electrons. The van der Waals surface area contributed by atoms with Gasteiger partial charge in [-0.25, -0.2) is 4.90 Å². The molecule has 7 rings (SSSR count). The van der Waals surface area contributed by atoms with E-state index in [4.69, 9.17) is 0 Å². The summed E-state index contributed by atoms with van der Waals surface area (Å²) in [7, 11) is 0. The van der Waals surface area contributed by atoms with Gasteiger partial charge in [-0.1, -0.05) is 30.3 Å². The Morgan fingerprint density at radius 1 is 0.833 bits per heavy atom. The highest BCUT2D eigenvalue weighted by molar-refractivity contribution is 6.23. The monoisotopic (exact) mass is 398 g/mol. The SMILES string of the molecule is O=C1C2C3c4ccccc4C(C2C(=O)N1c1ccc([N+](=O)[O-])cc1)[n+]1ccccc13. The van der Waals surface area contributed by atoms with Crippen molar-refractivity contribution in [3.8, 4) is 0 Å². The molecule has 0 N–H and O–H groups in total. The van der Waals surface area contributed by atoms with E-state index in [1.54, 1.807) is 0 Å². The van der Waals surface area contributed by atoms with Crippen LogP contribution in [-0.2, 0) is 9.59 Å². The number of amides is 2. The van der Waals surface area contributed by atoms with Crippen LogP contribution in [0.5, 0.6) is 0 Å². The number of nitro groups is 1. The number of hydrogen-bond acceptors (Lipinski definition) is 4. The van der Waals surface area contributed by atoms with E-state index in [0.29, 0.717) is 5.69 Å². The summed E-state index contributed by atoms with van der Waals surface area (Å²) in [5, 5.41) is 11.0. The van der Waals surface area contributed by atoms with Crippen LogP contribution in [0, 0.1) is 22.0 Å². The molecule has 2 amide bonds. The number of anilines is 1. The Labute approximate surface area is 171 Å². The fourth-order valence-electron chi connectivity index (χ4n) is 5.48. The Bertz CT molecular complexity index is 1140. The lowest BCUT2D eigenvalue weighted by molar-refractivity contribution is -0.736. The number of rotatable bonds is 2. The van der Waals surface area contributed by atoms with Gasteiger partial charge < -0.3 is 0 Å². The van der Waals surface area contributed by atoms with Crippen molar-refractivity contribution in [2.45, 2.75) is 12.0 Å². The number of hydrogen-bond donors (Lipinski definition) is 0. The highest BCUT2D eigenvalue weighted by atomic mass is 16.6. The molecule has 1 aromatic heterocycles. The first kappa shape index (κ1) is 17.0. The predicted octanol–water partition coefficient (Wildman–Crippen LogP) is 2.74. The molecule has 3 aromatic rings. The van der Waals surface area contributed by atoms with E-state index in [9.17, 15) is 19.7 Å². The van der Waals surface area contributed by atoms with Gasteiger partial charge in [0.2, 0.25) is 11.8 Å². The molecule has 3 aliphatic heterocycles. The van der Waals surface area contributed by atoms with Crippen LogP contribution < -0.4 is 9.47 Å². The van der Waals surface area contributed by atoms with E-state index in [1.165, 1.54) is 29.2 Å². The number of nitrogens with zero attached hydrogens (tertiary/aromatic N) is 3. The van der Waals surface area contributed by atoms with Gasteiger partial charge in [-0.2, -0.15) is 4.57 Å². The van der Waals surface area contributed by atoms with Crippen LogP contribution in [0.25, 0.3) is 0 Å². The summed E-state index contributed by atoms with van der Waals surface area (Å²) in [6.07, 6.45) is 1.98. The van der Waals surface area contributed by atoms with Gasteiger partial charge in [0.05, 0.1) is 22.4 Å². The van der Waals surface area contributed by atoms with Crippen molar-refractivity contribution in [1.29, 1.82) is 0 Å². The smallest absolute Gasteiger partial charge is 0.269 e. The maximum atomic E-state index is 13.5. The van der Waals surface area contributed by atoms with Crippen molar-refractivity contribution in [2.75, 3.05) is 4.90 Å². The third-order valence-corrected chi connectivity index (χ3v) is 6.61. The summed E-state index contributed by atoms with van der Waals surface area (Å²) in [6, 6.07) is 19.3. The molecule has 4 heterocycles. The summed E-state index contributed by atoms with van der Waals surface area (Å²) in [5.41, 5.74) is 3.52. The van der Waals surface area contributed by atoms with Crippen LogP contribution in [0.3, 0.4) is 0 Å². The Morgan fingerprint density at radius 3 is 2.23 bits per heavy atom. The molecule has 1 aliphatic carbocycles. The van der Waals surface area contributed by atoms with Crippen molar-refractivity contribution in [3.63, 3.8) is 0 Å². The van der Waals surface area contributed by atoms with E-state index < -0.39 is 16.8 Å². The molecule has 4 aliphatic rings. The van der Waals surface area contributed by atoms with Crippen molar-refractivity contribution in [2.24, 2.45) is 11.8 Å². The molecular weight excluding hydrogens is 382 g/mol. The van der Waals surface area contributed by atoms with Gasteiger partial charge in [0.1, 0.15) is 5.92 Å². The van der Waals surface area contributed by atoms with Crippen LogP contribution in [0.1, 0.15) is 28.8 Å². The maximum absolute atomic E-state index is 13.5. The Balaban J connectivity index is 1.51. The number of aromatic nitrogens is 1. The van der Waals surface area contributed by atoms with Crippen molar-refractivity contribution < 1.29 is 19.1 Å². The number of carbonyl (C=O) groups excluding carboxylic acids is 2. The lowest BCUT2D eigenvalue weighted by atomic mass is 9.63. The van der Waals surface area contributed by atoms with Gasteiger partial charge in [0.25, 0.3) is 5.69 Å². The normalized spacial score (nSPS) is 25.7. The van der Waals surface area contributed by atoms with Gasteiger partial charge >= 0.3 is 0 Å². The van der Waals surface area contributed by atoms with Crippen LogP contribution in [0.4, 0.5) is 11.4 Å². The maximum Gasteiger partial charge on any atom is 0.269 e. The zero-order valence-corrected chi connectivity index (χ0v) is 15.7. The number of benzene rings is 2. The molecule has 0 saturated carbocycles. The first-order valence-corrected chi connectivity index (χ1v) is 9.79. The fourth-order valence-corrected chi connectivity index (χ4v) is 5.48. The summed E-state index contributed by atoms with van der Waals surface area (Å²) in [5.74, 6) is -1.65. The number of non-ortho nitro benzene ring substituents is 1. The number of pyridine rings is 1. The Morgan fingerprint density at radius 2 is 1.50 bits per heavy atom. The number of carbonyl (C=O) groups is 2. The van der Waals surface area contributed by atoms with Gasteiger partial charge in [-0.05, 0) is 17.7 Å². The predicted molar refractivity (Wildman–Crippen MR) is 106 cm³/mol. The molecule has 30 heavy (non-hydrogen) atoms. The minimum atomic E-state index is -0.499. The third-order valence-electron chi connectivity index (χ3n) is 6.61. The third kappa shape index (κ3) is 2.01. The van der Waals surface area contributed by atoms with Crippen LogP contribution in [-0.4, -0.2) is 16.7 Å². The van der Waals surface area contributed by atoms with Gasteiger partial charge in [-0.15, -0.1) is 0 Å². The van der Waals surface area contributed by atoms with Gasteiger partial charge in [0.15, 0.2) is 17.9 Å². The van der Waals surface area contributed by atoms with E-state index >= 15 is 0 Å². The second-order valence-corrected chi connectivity index (χ2v) is 7.92. The fraction of sp³-hybridized carbons (Fsp3) is 0.174. The second kappa shape index (κ2) is 5.82. The van der Waals surface area contributed by atoms with Crippen LogP contribution in [0.2, 0.25) is 0 Å². The first-order valence-electron chi connectivity index (χ1n) is 9.79. The standard InChI is InChI=1S/C23H16N3O4/c27-22-19-18-15-5-1-2-6-16(15)21(24-12-4-3-7-17(18)24)20(19)23(28)25(22)13-8-10-14(11-9-13)26(29)30/h1-12,18-21H/q+1. The van der Waals surface area contributed by atoms with Gasteiger partial charge in [0, 0.05) is 29.8 Å². The van der Waals surface area contributed by atoms with Crippen molar-refractivity contribution in [3.05, 3.63) is 99.9 Å². The van der Waals surface area contributed by atoms with E-state index in [2.05, 4.69) is 4.57 Å². The lowest BCUT2D eigenvalue weighted by Crippen LogP contribution is -2.59. The molecule has 2 bridgehead atoms. The Hall–Kier alpha value is -3.87.